The van der Waals surface area contributed by atoms with E-state index in [0.29, 0.717) is 5.75 Å². The zero-order chi connectivity index (χ0) is 10.4. The smallest absolute Gasteiger partial charge is 0.129 e. The molecule has 0 atom stereocenters. The molecule has 0 amide bonds. The molecule has 0 radical (unpaired) electrons. The van der Waals surface area contributed by atoms with Crippen LogP contribution in [0.1, 0.15) is 5.56 Å². The van der Waals surface area contributed by atoms with Crippen LogP contribution >= 0.6 is 0 Å². The number of hydrogen-bond donors (Lipinski definition) is 0. The maximum absolute atomic E-state index is 8.39. The van der Waals surface area contributed by atoms with E-state index in [-0.39, 0.29) is 0 Å². The van der Waals surface area contributed by atoms with Crippen LogP contribution in [0.4, 0.5) is 0 Å². The number of methoxy groups -OCH3 is 2. The summed E-state index contributed by atoms with van der Waals surface area (Å²) in [5.41, 5.74) is 0.856. The molecule has 0 saturated carbocycles. The number of nitriles is 1. The van der Waals surface area contributed by atoms with Crippen molar-refractivity contribution in [1.29, 1.82) is 5.26 Å². The Hall–Kier alpha value is -1.95. The minimum atomic E-state index is 0.691. The summed E-state index contributed by atoms with van der Waals surface area (Å²) >= 11 is 0. The number of benzene rings is 1. The first-order valence-electron chi connectivity index (χ1n) is 4.10. The molecule has 1 aromatic rings. The highest BCUT2D eigenvalue weighted by Gasteiger charge is 2.00. The summed E-state index contributed by atoms with van der Waals surface area (Å²) in [5.74, 6) is 1.42. The van der Waals surface area contributed by atoms with Gasteiger partial charge in [-0.3, -0.25) is 0 Å². The lowest BCUT2D eigenvalue weighted by molar-refractivity contribution is 0.394. The van der Waals surface area contributed by atoms with Gasteiger partial charge < -0.3 is 9.47 Å². The Balaban J connectivity index is 3.06. The number of nitrogens with zero attached hydrogens (tertiary/aromatic N) is 1. The van der Waals surface area contributed by atoms with Crippen LogP contribution in [0.15, 0.2) is 24.3 Å². The lowest BCUT2D eigenvalue weighted by Gasteiger charge is -2.06. The summed E-state index contributed by atoms with van der Waals surface area (Å²) in [6, 6.07) is 7.36. The van der Waals surface area contributed by atoms with E-state index in [1.807, 2.05) is 18.2 Å². The standard InChI is InChI=1S/C11H11NO2/c1-13-10-6-5-9(4-3-7-12)11(8-10)14-2/h3-6,8H,1-2H3. The molecule has 0 aliphatic rings. The Bertz CT molecular complexity index is 377. The molecule has 14 heavy (non-hydrogen) atoms. The van der Waals surface area contributed by atoms with Gasteiger partial charge in [-0.15, -0.1) is 0 Å². The van der Waals surface area contributed by atoms with Crippen molar-refractivity contribution < 1.29 is 9.47 Å². The molecular weight excluding hydrogens is 178 g/mol. The molecule has 3 heteroatoms. The first kappa shape index (κ1) is 10.1. The van der Waals surface area contributed by atoms with Crippen molar-refractivity contribution in [3.63, 3.8) is 0 Å². The van der Waals surface area contributed by atoms with Crippen molar-refractivity contribution >= 4 is 6.08 Å². The Morgan fingerprint density at radius 2 is 2.07 bits per heavy atom. The van der Waals surface area contributed by atoms with Gasteiger partial charge in [-0.2, -0.15) is 5.26 Å². The lowest BCUT2D eigenvalue weighted by atomic mass is 10.2. The molecule has 0 spiro atoms. The molecule has 0 aliphatic heterocycles. The second kappa shape index (κ2) is 4.93. The zero-order valence-corrected chi connectivity index (χ0v) is 8.15. The van der Waals surface area contributed by atoms with Crippen molar-refractivity contribution in [3.05, 3.63) is 29.8 Å². The Labute approximate surface area is 83.2 Å². The van der Waals surface area contributed by atoms with Crippen molar-refractivity contribution in [1.82, 2.24) is 0 Å². The van der Waals surface area contributed by atoms with Crippen molar-refractivity contribution in [2.45, 2.75) is 0 Å². The summed E-state index contributed by atoms with van der Waals surface area (Å²) in [7, 11) is 3.18. The Morgan fingerprint density at radius 3 is 2.64 bits per heavy atom. The largest absolute Gasteiger partial charge is 0.497 e. The third-order valence-electron chi connectivity index (χ3n) is 1.78. The third-order valence-corrected chi connectivity index (χ3v) is 1.78. The van der Waals surface area contributed by atoms with E-state index in [2.05, 4.69) is 0 Å². The van der Waals surface area contributed by atoms with E-state index < -0.39 is 0 Å². The molecule has 0 aromatic heterocycles. The third kappa shape index (κ3) is 2.27. The molecule has 1 rings (SSSR count). The van der Waals surface area contributed by atoms with E-state index >= 15 is 0 Å². The Morgan fingerprint density at radius 1 is 1.29 bits per heavy atom. The van der Waals surface area contributed by atoms with E-state index in [4.69, 9.17) is 14.7 Å². The fourth-order valence-electron chi connectivity index (χ4n) is 1.08. The number of hydrogen-bond acceptors (Lipinski definition) is 3. The normalized spacial score (nSPS) is 9.79. The number of rotatable bonds is 3. The molecule has 0 fully saturated rings. The van der Waals surface area contributed by atoms with Gasteiger partial charge in [0.05, 0.1) is 20.3 Å². The van der Waals surface area contributed by atoms with Gasteiger partial charge in [0.2, 0.25) is 0 Å². The molecule has 72 valence electrons. The number of allylic oxidation sites excluding steroid dienone is 1. The van der Waals surface area contributed by atoms with Crippen LogP contribution in [0.2, 0.25) is 0 Å². The zero-order valence-electron chi connectivity index (χ0n) is 8.15. The van der Waals surface area contributed by atoms with Gasteiger partial charge in [0.25, 0.3) is 0 Å². The van der Waals surface area contributed by atoms with Gasteiger partial charge in [-0.1, -0.05) is 0 Å². The molecule has 3 nitrogen and oxygen atoms in total. The second-order valence-corrected chi connectivity index (χ2v) is 2.57. The lowest BCUT2D eigenvalue weighted by Crippen LogP contribution is -1.89. The van der Waals surface area contributed by atoms with Gasteiger partial charge >= 0.3 is 0 Å². The topological polar surface area (TPSA) is 42.2 Å². The van der Waals surface area contributed by atoms with Gasteiger partial charge in [0.1, 0.15) is 11.5 Å². The molecule has 0 N–H and O–H groups in total. The summed E-state index contributed by atoms with van der Waals surface area (Å²) in [6.45, 7) is 0. The molecule has 0 heterocycles. The van der Waals surface area contributed by atoms with E-state index in [1.165, 1.54) is 6.08 Å². The Kier molecular flexibility index (Phi) is 3.57. The summed E-state index contributed by atoms with van der Waals surface area (Å²) < 4.78 is 10.2. The maximum atomic E-state index is 8.39. The summed E-state index contributed by atoms with van der Waals surface area (Å²) in [5, 5.41) is 8.39. The van der Waals surface area contributed by atoms with Gasteiger partial charge in [0, 0.05) is 17.7 Å². The van der Waals surface area contributed by atoms with Crippen LogP contribution in [0.5, 0.6) is 11.5 Å². The highest BCUT2D eigenvalue weighted by molar-refractivity contribution is 5.60. The molecule has 1 aromatic carbocycles. The fourth-order valence-corrected chi connectivity index (χ4v) is 1.08. The monoisotopic (exact) mass is 189 g/mol. The molecule has 0 saturated heterocycles. The quantitative estimate of drug-likeness (QED) is 0.685. The first-order valence-corrected chi connectivity index (χ1v) is 4.10. The van der Waals surface area contributed by atoms with Crippen LogP contribution in [0, 0.1) is 11.3 Å². The van der Waals surface area contributed by atoms with E-state index in [9.17, 15) is 0 Å². The van der Waals surface area contributed by atoms with Crippen LogP contribution in [0.25, 0.3) is 6.08 Å². The molecule has 0 bridgehead atoms. The fraction of sp³-hybridized carbons (Fsp3) is 0.182. The van der Waals surface area contributed by atoms with Crippen LogP contribution in [0.3, 0.4) is 0 Å². The first-order chi connectivity index (χ1) is 6.81. The minimum absolute atomic E-state index is 0.691. The average molecular weight is 189 g/mol. The average Bonchev–Trinajstić information content (AvgIpc) is 2.26. The second-order valence-electron chi connectivity index (χ2n) is 2.57. The van der Waals surface area contributed by atoms with Crippen LogP contribution in [-0.2, 0) is 0 Å². The SMILES string of the molecule is COc1ccc(C=CC#N)c(OC)c1. The van der Waals surface area contributed by atoms with Gasteiger partial charge in [-0.25, -0.2) is 0 Å². The highest BCUT2D eigenvalue weighted by atomic mass is 16.5. The maximum Gasteiger partial charge on any atom is 0.129 e. The summed E-state index contributed by atoms with van der Waals surface area (Å²) in [6.07, 6.45) is 3.10. The van der Waals surface area contributed by atoms with Gasteiger partial charge in [0.15, 0.2) is 0 Å². The minimum Gasteiger partial charge on any atom is -0.497 e. The van der Waals surface area contributed by atoms with Crippen molar-refractivity contribution in [2.75, 3.05) is 14.2 Å². The highest BCUT2D eigenvalue weighted by Crippen LogP contribution is 2.25. The van der Waals surface area contributed by atoms with Crippen LogP contribution in [-0.4, -0.2) is 14.2 Å². The summed E-state index contributed by atoms with van der Waals surface area (Å²) in [4.78, 5) is 0. The predicted molar refractivity (Wildman–Crippen MR) is 54.2 cm³/mol. The van der Waals surface area contributed by atoms with E-state index in [1.54, 1.807) is 26.4 Å². The van der Waals surface area contributed by atoms with Crippen LogP contribution < -0.4 is 9.47 Å². The van der Waals surface area contributed by atoms with Crippen molar-refractivity contribution in [3.8, 4) is 17.6 Å². The molecular formula is C11H11NO2. The molecule has 0 aliphatic carbocycles. The van der Waals surface area contributed by atoms with E-state index in [0.717, 1.165) is 11.3 Å². The molecule has 0 unspecified atom stereocenters. The van der Waals surface area contributed by atoms with Gasteiger partial charge in [-0.05, 0) is 18.2 Å². The van der Waals surface area contributed by atoms with Crippen molar-refractivity contribution in [2.24, 2.45) is 0 Å². The number of ether oxygens (including phenoxy) is 2. The predicted octanol–water partition coefficient (Wildman–Crippen LogP) is 2.24.